The highest BCUT2D eigenvalue weighted by molar-refractivity contribution is 7.18. The molecule has 0 amide bonds. The van der Waals surface area contributed by atoms with Crippen molar-refractivity contribution >= 4 is 21.6 Å². The van der Waals surface area contributed by atoms with Crippen LogP contribution in [0, 0.1) is 0 Å². The first-order valence-corrected chi connectivity index (χ1v) is 9.13. The average Bonchev–Trinajstić information content (AvgIpc) is 3.27. The van der Waals surface area contributed by atoms with Crippen molar-refractivity contribution in [3.63, 3.8) is 0 Å². The Morgan fingerprint density at radius 1 is 1.26 bits per heavy atom. The Hall–Kier alpha value is -3.07. The van der Waals surface area contributed by atoms with Crippen molar-refractivity contribution in [2.24, 2.45) is 0 Å². The third-order valence-electron chi connectivity index (χ3n) is 4.47. The summed E-state index contributed by atoms with van der Waals surface area (Å²) in [5.74, 6) is 0.592. The number of hydrogen-bond donors (Lipinski definition) is 1. The number of rotatable bonds is 4. The molecule has 0 saturated heterocycles. The molecule has 0 radical (unpaired) electrons. The summed E-state index contributed by atoms with van der Waals surface area (Å²) >= 11 is 1.38. The van der Waals surface area contributed by atoms with E-state index in [0.717, 1.165) is 10.2 Å². The molecule has 1 aromatic carbocycles. The van der Waals surface area contributed by atoms with Crippen molar-refractivity contribution < 1.29 is 13.7 Å². The number of aromatic nitrogens is 4. The minimum atomic E-state index is -1.46. The number of fused-ring (bicyclic) bond motifs is 1. The Balaban J connectivity index is 1.26. The standard InChI is InChI=1S/C18H13FN4O3S/c19-18(17-22-11-3-1-2-4-14(11)27-17)6-10(7-18)25-16-9-20-12(8-21-16)13-5-15(24)23-26-13/h1-5,8-10H,6-7H2,(H,23,24). The highest BCUT2D eigenvalue weighted by atomic mass is 32.1. The Morgan fingerprint density at radius 3 is 2.81 bits per heavy atom. The van der Waals surface area contributed by atoms with Gasteiger partial charge in [-0.25, -0.2) is 19.3 Å². The monoisotopic (exact) mass is 384 g/mol. The van der Waals surface area contributed by atoms with Crippen LogP contribution in [0.1, 0.15) is 17.8 Å². The summed E-state index contributed by atoms with van der Waals surface area (Å²) in [4.78, 5) is 23.8. The van der Waals surface area contributed by atoms with Crippen molar-refractivity contribution in [2.75, 3.05) is 0 Å². The molecule has 5 rings (SSSR count). The second-order valence-corrected chi connectivity index (χ2v) is 7.45. The van der Waals surface area contributed by atoms with Crippen LogP contribution in [-0.4, -0.2) is 26.2 Å². The Morgan fingerprint density at radius 2 is 2.11 bits per heavy atom. The number of H-pyrrole nitrogens is 1. The number of para-hydroxylation sites is 1. The predicted molar refractivity (Wildman–Crippen MR) is 96.4 cm³/mol. The van der Waals surface area contributed by atoms with Crippen LogP contribution in [0.3, 0.4) is 0 Å². The van der Waals surface area contributed by atoms with Crippen LogP contribution in [0.25, 0.3) is 21.7 Å². The van der Waals surface area contributed by atoms with E-state index < -0.39 is 5.67 Å². The summed E-state index contributed by atoms with van der Waals surface area (Å²) in [7, 11) is 0. The fourth-order valence-electron chi connectivity index (χ4n) is 3.07. The van der Waals surface area contributed by atoms with Crippen LogP contribution < -0.4 is 10.3 Å². The number of halogens is 1. The summed E-state index contributed by atoms with van der Waals surface area (Å²) in [6.45, 7) is 0. The Bertz CT molecular complexity index is 1130. The summed E-state index contributed by atoms with van der Waals surface area (Å²) in [5, 5.41) is 2.68. The van der Waals surface area contributed by atoms with Gasteiger partial charge in [0.25, 0.3) is 5.56 Å². The maximum Gasteiger partial charge on any atom is 0.280 e. The molecule has 4 aromatic rings. The van der Waals surface area contributed by atoms with Gasteiger partial charge in [-0.05, 0) is 12.1 Å². The van der Waals surface area contributed by atoms with Crippen molar-refractivity contribution in [2.45, 2.75) is 24.6 Å². The van der Waals surface area contributed by atoms with Gasteiger partial charge in [0, 0.05) is 12.8 Å². The highest BCUT2D eigenvalue weighted by Crippen LogP contribution is 2.48. The first-order valence-electron chi connectivity index (χ1n) is 8.32. The van der Waals surface area contributed by atoms with E-state index in [1.807, 2.05) is 24.3 Å². The van der Waals surface area contributed by atoms with Crippen LogP contribution in [0.4, 0.5) is 4.39 Å². The summed E-state index contributed by atoms with van der Waals surface area (Å²) in [6, 6.07) is 8.92. The van der Waals surface area contributed by atoms with Gasteiger partial charge in [0.15, 0.2) is 11.4 Å². The minimum Gasteiger partial charge on any atom is -0.473 e. The van der Waals surface area contributed by atoms with Gasteiger partial charge < -0.3 is 9.26 Å². The fraction of sp³-hybridized carbons (Fsp3) is 0.222. The fourth-order valence-corrected chi connectivity index (χ4v) is 4.14. The molecule has 1 aliphatic carbocycles. The molecule has 0 aliphatic heterocycles. The molecular weight excluding hydrogens is 371 g/mol. The van der Waals surface area contributed by atoms with E-state index in [0.29, 0.717) is 22.3 Å². The number of hydrogen-bond acceptors (Lipinski definition) is 7. The van der Waals surface area contributed by atoms with Crippen LogP contribution >= 0.6 is 11.3 Å². The highest BCUT2D eigenvalue weighted by Gasteiger charge is 2.50. The maximum absolute atomic E-state index is 15.1. The smallest absolute Gasteiger partial charge is 0.280 e. The molecule has 7 nitrogen and oxygen atoms in total. The first-order chi connectivity index (χ1) is 13.1. The normalized spacial score (nSPS) is 21.9. The van der Waals surface area contributed by atoms with Crippen LogP contribution in [-0.2, 0) is 5.67 Å². The molecule has 1 N–H and O–H groups in total. The molecule has 27 heavy (non-hydrogen) atoms. The van der Waals surface area contributed by atoms with Crippen molar-refractivity contribution in [3.05, 3.63) is 58.1 Å². The molecule has 3 aromatic heterocycles. The van der Waals surface area contributed by atoms with Gasteiger partial charge in [0.05, 0.1) is 28.7 Å². The van der Waals surface area contributed by atoms with Gasteiger partial charge >= 0.3 is 0 Å². The number of thiazole rings is 1. The van der Waals surface area contributed by atoms with E-state index in [-0.39, 0.29) is 24.5 Å². The second-order valence-electron chi connectivity index (χ2n) is 6.42. The van der Waals surface area contributed by atoms with Gasteiger partial charge in [-0.3, -0.25) is 4.79 Å². The van der Waals surface area contributed by atoms with Crippen LogP contribution in [0.15, 0.2) is 52.0 Å². The van der Waals surface area contributed by atoms with Crippen molar-refractivity contribution in [1.29, 1.82) is 0 Å². The topological polar surface area (TPSA) is 93.9 Å². The molecule has 0 unspecified atom stereocenters. The lowest BCUT2D eigenvalue weighted by atomic mass is 9.79. The first kappa shape index (κ1) is 16.1. The van der Waals surface area contributed by atoms with E-state index in [9.17, 15) is 4.79 Å². The molecule has 9 heteroatoms. The zero-order chi connectivity index (χ0) is 18.4. The van der Waals surface area contributed by atoms with E-state index in [4.69, 9.17) is 9.26 Å². The lowest BCUT2D eigenvalue weighted by Crippen LogP contribution is -2.44. The number of benzene rings is 1. The van der Waals surface area contributed by atoms with Crippen molar-refractivity contribution in [3.8, 4) is 17.3 Å². The largest absolute Gasteiger partial charge is 0.473 e. The zero-order valence-electron chi connectivity index (χ0n) is 13.9. The zero-order valence-corrected chi connectivity index (χ0v) is 14.7. The van der Waals surface area contributed by atoms with E-state index in [1.165, 1.54) is 29.8 Å². The van der Waals surface area contributed by atoms with Crippen LogP contribution in [0.2, 0.25) is 0 Å². The molecule has 3 heterocycles. The molecular formula is C18H13FN4O3S. The number of nitrogens with zero attached hydrogens (tertiary/aromatic N) is 3. The quantitative estimate of drug-likeness (QED) is 0.579. The Labute approximate surface area is 155 Å². The summed E-state index contributed by atoms with van der Waals surface area (Å²) < 4.78 is 26.8. The lowest BCUT2D eigenvalue weighted by molar-refractivity contribution is -0.0487. The molecule has 0 bridgehead atoms. The molecule has 0 spiro atoms. The number of alkyl halides is 1. The second kappa shape index (κ2) is 5.98. The predicted octanol–water partition coefficient (Wildman–Crippen LogP) is 3.44. The van der Waals surface area contributed by atoms with Gasteiger partial charge in [-0.1, -0.05) is 12.1 Å². The van der Waals surface area contributed by atoms with Gasteiger partial charge in [0.1, 0.15) is 16.8 Å². The molecule has 0 atom stereocenters. The maximum atomic E-state index is 15.1. The van der Waals surface area contributed by atoms with E-state index in [2.05, 4.69) is 20.1 Å². The van der Waals surface area contributed by atoms with Gasteiger partial charge in [-0.2, -0.15) is 5.16 Å². The van der Waals surface area contributed by atoms with E-state index >= 15 is 4.39 Å². The number of nitrogens with one attached hydrogen (secondary N) is 1. The Kier molecular flexibility index (Phi) is 3.57. The van der Waals surface area contributed by atoms with Gasteiger partial charge in [-0.15, -0.1) is 11.3 Å². The molecule has 1 fully saturated rings. The van der Waals surface area contributed by atoms with Crippen LogP contribution in [0.5, 0.6) is 5.88 Å². The summed E-state index contributed by atoms with van der Waals surface area (Å²) in [6.07, 6.45) is 3.04. The molecule has 1 aliphatic rings. The van der Waals surface area contributed by atoms with E-state index in [1.54, 1.807) is 0 Å². The molecule has 1 saturated carbocycles. The lowest BCUT2D eigenvalue weighted by Gasteiger charge is -2.39. The molecule has 136 valence electrons. The third kappa shape index (κ3) is 2.89. The SMILES string of the molecule is O=c1cc(-c2cnc(OC3CC(F)(c4nc5ccccc5s4)C3)cn2)o[nH]1. The minimum absolute atomic E-state index is 0.225. The average molecular weight is 384 g/mol. The van der Waals surface area contributed by atoms with Gasteiger partial charge in [0.2, 0.25) is 5.88 Å². The summed E-state index contributed by atoms with van der Waals surface area (Å²) in [5.41, 5.74) is -0.591. The number of ether oxygens (including phenoxy) is 1. The number of aromatic amines is 1. The van der Waals surface area contributed by atoms with Crippen molar-refractivity contribution in [1.82, 2.24) is 20.1 Å². The third-order valence-corrected chi connectivity index (χ3v) is 5.69.